The van der Waals surface area contributed by atoms with Crippen LogP contribution in [0.1, 0.15) is 31.9 Å². The lowest BCUT2D eigenvalue weighted by molar-refractivity contribution is -0.123. The van der Waals surface area contributed by atoms with E-state index in [4.69, 9.17) is 22.1 Å². The Hall–Kier alpha value is -1.26. The quantitative estimate of drug-likeness (QED) is 0.833. The van der Waals surface area contributed by atoms with Gasteiger partial charge in [-0.15, -0.1) is 0 Å². The third kappa shape index (κ3) is 4.55. The molecule has 100 valence electrons. The molecular formula is C13H19ClN2O2. The summed E-state index contributed by atoms with van der Waals surface area (Å²) in [5, 5.41) is 3.19. The van der Waals surface area contributed by atoms with Crippen LogP contribution in [0.4, 0.5) is 0 Å². The van der Waals surface area contributed by atoms with Crippen LogP contribution in [0.3, 0.4) is 0 Å². The molecule has 3 N–H and O–H groups in total. The van der Waals surface area contributed by atoms with Crippen LogP contribution in [-0.2, 0) is 4.79 Å². The Morgan fingerprint density at radius 1 is 1.56 bits per heavy atom. The topological polar surface area (TPSA) is 64.3 Å². The molecule has 0 heterocycles. The predicted molar refractivity (Wildman–Crippen MR) is 72.9 cm³/mol. The van der Waals surface area contributed by atoms with Gasteiger partial charge in [-0.3, -0.25) is 4.79 Å². The fourth-order valence-electron chi connectivity index (χ4n) is 1.38. The van der Waals surface area contributed by atoms with Crippen molar-refractivity contribution < 1.29 is 9.53 Å². The van der Waals surface area contributed by atoms with Crippen molar-refractivity contribution in [3.63, 3.8) is 0 Å². The zero-order valence-corrected chi connectivity index (χ0v) is 11.5. The molecule has 0 radical (unpaired) electrons. The van der Waals surface area contributed by atoms with E-state index in [1.54, 1.807) is 12.1 Å². The SMILES string of the molecule is CCCNC(=O)COc1ccc(C(C)N)cc1Cl. The lowest BCUT2D eigenvalue weighted by atomic mass is 10.1. The fraction of sp³-hybridized carbons (Fsp3) is 0.462. The number of nitrogens with one attached hydrogen (secondary N) is 1. The summed E-state index contributed by atoms with van der Waals surface area (Å²) in [6.45, 7) is 4.49. The molecule has 0 bridgehead atoms. The molecular weight excluding hydrogens is 252 g/mol. The molecule has 1 atom stereocenters. The first kappa shape index (κ1) is 14.8. The highest BCUT2D eigenvalue weighted by Gasteiger charge is 2.07. The van der Waals surface area contributed by atoms with Crippen molar-refractivity contribution in [1.82, 2.24) is 5.32 Å². The van der Waals surface area contributed by atoms with Gasteiger partial charge in [0.25, 0.3) is 5.91 Å². The molecule has 5 heteroatoms. The summed E-state index contributed by atoms with van der Waals surface area (Å²) in [6, 6.07) is 5.25. The normalized spacial score (nSPS) is 12.0. The van der Waals surface area contributed by atoms with Gasteiger partial charge in [0.15, 0.2) is 6.61 Å². The van der Waals surface area contributed by atoms with Gasteiger partial charge in [-0.05, 0) is 31.0 Å². The first-order valence-corrected chi connectivity index (χ1v) is 6.37. The maximum absolute atomic E-state index is 11.4. The summed E-state index contributed by atoms with van der Waals surface area (Å²) >= 11 is 6.05. The highest BCUT2D eigenvalue weighted by molar-refractivity contribution is 6.32. The summed E-state index contributed by atoms with van der Waals surface area (Å²) in [4.78, 5) is 11.4. The fourth-order valence-corrected chi connectivity index (χ4v) is 1.62. The van der Waals surface area contributed by atoms with E-state index in [1.807, 2.05) is 19.9 Å². The van der Waals surface area contributed by atoms with Gasteiger partial charge in [-0.2, -0.15) is 0 Å². The molecule has 1 aromatic rings. The van der Waals surface area contributed by atoms with Crippen molar-refractivity contribution in [2.24, 2.45) is 5.73 Å². The number of carbonyl (C=O) groups excluding carboxylic acids is 1. The summed E-state index contributed by atoms with van der Waals surface area (Å²) in [7, 11) is 0. The smallest absolute Gasteiger partial charge is 0.257 e. The van der Waals surface area contributed by atoms with E-state index in [-0.39, 0.29) is 18.6 Å². The van der Waals surface area contributed by atoms with Crippen LogP contribution >= 0.6 is 11.6 Å². The standard InChI is InChI=1S/C13H19ClN2O2/c1-3-6-16-13(17)8-18-12-5-4-10(9(2)15)7-11(12)14/h4-5,7,9H,3,6,8,15H2,1-2H3,(H,16,17). The van der Waals surface area contributed by atoms with Crippen molar-refractivity contribution in [3.05, 3.63) is 28.8 Å². The predicted octanol–water partition coefficient (Wildman–Crippen LogP) is 2.26. The van der Waals surface area contributed by atoms with Crippen LogP contribution in [0, 0.1) is 0 Å². The molecule has 0 aliphatic heterocycles. The monoisotopic (exact) mass is 270 g/mol. The Balaban J connectivity index is 2.55. The van der Waals surface area contributed by atoms with Gasteiger partial charge in [0.05, 0.1) is 5.02 Å². The van der Waals surface area contributed by atoms with Crippen LogP contribution < -0.4 is 15.8 Å². The zero-order chi connectivity index (χ0) is 13.5. The van der Waals surface area contributed by atoms with Crippen molar-refractivity contribution in [2.75, 3.05) is 13.2 Å². The number of halogens is 1. The Morgan fingerprint density at radius 2 is 2.28 bits per heavy atom. The molecule has 0 aliphatic rings. The minimum atomic E-state index is -0.149. The molecule has 18 heavy (non-hydrogen) atoms. The van der Waals surface area contributed by atoms with E-state index in [2.05, 4.69) is 5.32 Å². The molecule has 1 amide bonds. The van der Waals surface area contributed by atoms with Crippen LogP contribution in [-0.4, -0.2) is 19.1 Å². The number of hydrogen-bond acceptors (Lipinski definition) is 3. The maximum Gasteiger partial charge on any atom is 0.257 e. The zero-order valence-electron chi connectivity index (χ0n) is 10.7. The maximum atomic E-state index is 11.4. The largest absolute Gasteiger partial charge is 0.482 e. The molecule has 1 aromatic carbocycles. The minimum absolute atomic E-state index is 0.0305. The molecule has 0 aliphatic carbocycles. The molecule has 4 nitrogen and oxygen atoms in total. The molecule has 1 rings (SSSR count). The summed E-state index contributed by atoms with van der Waals surface area (Å²) < 4.78 is 5.35. The summed E-state index contributed by atoms with van der Waals surface area (Å²) in [6.07, 6.45) is 0.898. The average molecular weight is 271 g/mol. The first-order valence-electron chi connectivity index (χ1n) is 5.99. The van der Waals surface area contributed by atoms with E-state index in [0.29, 0.717) is 17.3 Å². The number of rotatable bonds is 6. The van der Waals surface area contributed by atoms with Gasteiger partial charge in [0.2, 0.25) is 0 Å². The van der Waals surface area contributed by atoms with Crippen LogP contribution in [0.15, 0.2) is 18.2 Å². The Labute approximate surface area is 112 Å². The number of hydrogen-bond donors (Lipinski definition) is 2. The molecule has 1 unspecified atom stereocenters. The van der Waals surface area contributed by atoms with Crippen LogP contribution in [0.5, 0.6) is 5.75 Å². The molecule has 0 aromatic heterocycles. The molecule has 0 saturated heterocycles. The highest BCUT2D eigenvalue weighted by atomic mass is 35.5. The van der Waals surface area contributed by atoms with Gasteiger partial charge in [0.1, 0.15) is 5.75 Å². The van der Waals surface area contributed by atoms with E-state index >= 15 is 0 Å². The van der Waals surface area contributed by atoms with Crippen molar-refractivity contribution >= 4 is 17.5 Å². The van der Waals surface area contributed by atoms with Crippen molar-refractivity contribution in [3.8, 4) is 5.75 Å². The number of carbonyl (C=O) groups is 1. The van der Waals surface area contributed by atoms with E-state index < -0.39 is 0 Å². The van der Waals surface area contributed by atoms with Gasteiger partial charge in [-0.1, -0.05) is 24.6 Å². The van der Waals surface area contributed by atoms with E-state index in [1.165, 1.54) is 0 Å². The lowest BCUT2D eigenvalue weighted by Gasteiger charge is -2.11. The highest BCUT2D eigenvalue weighted by Crippen LogP contribution is 2.27. The van der Waals surface area contributed by atoms with Gasteiger partial charge >= 0.3 is 0 Å². The number of benzene rings is 1. The first-order chi connectivity index (χ1) is 8.54. The van der Waals surface area contributed by atoms with Crippen molar-refractivity contribution in [2.45, 2.75) is 26.3 Å². The second-order valence-corrected chi connectivity index (χ2v) is 4.52. The lowest BCUT2D eigenvalue weighted by Crippen LogP contribution is -2.29. The summed E-state index contributed by atoms with van der Waals surface area (Å²) in [5.41, 5.74) is 6.68. The van der Waals surface area contributed by atoms with E-state index in [0.717, 1.165) is 12.0 Å². The van der Waals surface area contributed by atoms with Gasteiger partial charge in [0, 0.05) is 12.6 Å². The summed E-state index contributed by atoms with van der Waals surface area (Å²) in [5.74, 6) is 0.344. The third-order valence-corrected chi connectivity index (χ3v) is 2.71. The Bertz CT molecular complexity index is 408. The number of nitrogens with two attached hydrogens (primary N) is 1. The Morgan fingerprint density at radius 3 is 2.83 bits per heavy atom. The molecule has 0 saturated carbocycles. The number of ether oxygens (including phenoxy) is 1. The third-order valence-electron chi connectivity index (χ3n) is 2.41. The Kier molecular flexibility index (Phi) is 5.95. The molecule has 0 spiro atoms. The second-order valence-electron chi connectivity index (χ2n) is 4.12. The van der Waals surface area contributed by atoms with Gasteiger partial charge in [-0.25, -0.2) is 0 Å². The average Bonchev–Trinajstić information content (AvgIpc) is 2.34. The molecule has 0 fully saturated rings. The number of amides is 1. The van der Waals surface area contributed by atoms with E-state index in [9.17, 15) is 4.79 Å². The van der Waals surface area contributed by atoms with Crippen LogP contribution in [0.2, 0.25) is 5.02 Å². The minimum Gasteiger partial charge on any atom is -0.482 e. The van der Waals surface area contributed by atoms with Gasteiger partial charge < -0.3 is 15.8 Å². The second kappa shape index (κ2) is 7.24. The van der Waals surface area contributed by atoms with Crippen molar-refractivity contribution in [1.29, 1.82) is 0 Å². The van der Waals surface area contributed by atoms with Crippen LogP contribution in [0.25, 0.3) is 0 Å².